The third-order valence-corrected chi connectivity index (χ3v) is 5.06. The number of anilines is 1. The van der Waals surface area contributed by atoms with Gasteiger partial charge in [-0.25, -0.2) is 14.4 Å². The molecule has 2 aromatic carbocycles. The summed E-state index contributed by atoms with van der Waals surface area (Å²) in [6.45, 7) is 3.19. The summed E-state index contributed by atoms with van der Waals surface area (Å²) in [5.74, 6) is 0.677. The summed E-state index contributed by atoms with van der Waals surface area (Å²) in [5.41, 5.74) is 3.13. The summed E-state index contributed by atoms with van der Waals surface area (Å²) < 4.78 is 20.1. The minimum atomic E-state index is -0.141. The van der Waals surface area contributed by atoms with Gasteiger partial charge in [0.15, 0.2) is 22.9 Å². The van der Waals surface area contributed by atoms with Crippen molar-refractivity contribution in [2.45, 2.75) is 0 Å². The Bertz CT molecular complexity index is 1090. The molecule has 26 heavy (non-hydrogen) atoms. The molecule has 1 N–H and O–H groups in total. The fraction of sp³-hybridized carbons (Fsp3) is 0.200. The maximum absolute atomic E-state index is 14.1. The van der Waals surface area contributed by atoms with E-state index in [4.69, 9.17) is 4.42 Å². The smallest absolute Gasteiger partial charge is 0.196 e. The highest BCUT2D eigenvalue weighted by atomic mass is 19.1. The number of fused-ring (bicyclic) bond motifs is 3. The first kappa shape index (κ1) is 15.3. The standard InChI is InChI=1S/C20H17FN4O/c21-15-6-2-3-7-16(15)24-9-11-25(12-10-24)20-19-18(22-13-23-20)14-5-1-4-8-17(14)26-19/h1-8,13H,9-12H2/p+1. The number of hydrogen-bond acceptors (Lipinski definition) is 4. The van der Waals surface area contributed by atoms with Gasteiger partial charge in [0.1, 0.15) is 17.4 Å². The van der Waals surface area contributed by atoms with E-state index >= 15 is 0 Å². The predicted octanol–water partition coefficient (Wildman–Crippen LogP) is 2.55. The van der Waals surface area contributed by atoms with Crippen LogP contribution in [-0.2, 0) is 0 Å². The Balaban J connectivity index is 1.46. The average Bonchev–Trinajstić information content (AvgIpc) is 3.07. The zero-order chi connectivity index (χ0) is 17.5. The van der Waals surface area contributed by atoms with Gasteiger partial charge in [0, 0.05) is 11.5 Å². The van der Waals surface area contributed by atoms with Crippen LogP contribution < -0.4 is 9.80 Å². The van der Waals surface area contributed by atoms with Crippen molar-refractivity contribution in [1.82, 2.24) is 9.97 Å². The number of nitrogens with one attached hydrogen (secondary N) is 1. The van der Waals surface area contributed by atoms with E-state index in [0.717, 1.165) is 64.7 Å². The van der Waals surface area contributed by atoms with Crippen LogP contribution in [0.5, 0.6) is 0 Å². The molecule has 4 aromatic rings. The Kier molecular flexibility index (Phi) is 3.57. The van der Waals surface area contributed by atoms with Crippen LogP contribution in [0.4, 0.5) is 15.9 Å². The minimum absolute atomic E-state index is 0.141. The summed E-state index contributed by atoms with van der Waals surface area (Å²) in [7, 11) is 0. The van der Waals surface area contributed by atoms with Crippen LogP contribution in [0.2, 0.25) is 0 Å². The highest BCUT2D eigenvalue weighted by Crippen LogP contribution is 2.32. The largest absolute Gasteiger partial charge is 0.450 e. The van der Waals surface area contributed by atoms with Crippen molar-refractivity contribution < 1.29 is 13.7 Å². The maximum atomic E-state index is 14.1. The molecule has 5 nitrogen and oxygen atoms in total. The molecule has 0 bridgehead atoms. The summed E-state index contributed by atoms with van der Waals surface area (Å²) in [5, 5.41) is 1.00. The Morgan fingerprint density at radius 3 is 2.58 bits per heavy atom. The molecule has 0 spiro atoms. The van der Waals surface area contributed by atoms with Crippen LogP contribution in [0.15, 0.2) is 59.3 Å². The molecule has 0 radical (unpaired) electrons. The van der Waals surface area contributed by atoms with Crippen molar-refractivity contribution in [1.29, 1.82) is 0 Å². The fourth-order valence-corrected chi connectivity index (χ4v) is 3.74. The molecule has 2 aromatic heterocycles. The average molecular weight is 349 g/mol. The lowest BCUT2D eigenvalue weighted by molar-refractivity contribution is -0.834. The van der Waals surface area contributed by atoms with Gasteiger partial charge in [-0.2, -0.15) is 0 Å². The van der Waals surface area contributed by atoms with E-state index in [1.54, 1.807) is 12.4 Å². The monoisotopic (exact) mass is 349 g/mol. The van der Waals surface area contributed by atoms with Gasteiger partial charge in [-0.1, -0.05) is 24.3 Å². The molecule has 5 rings (SSSR count). The van der Waals surface area contributed by atoms with Crippen molar-refractivity contribution >= 4 is 33.6 Å². The highest BCUT2D eigenvalue weighted by molar-refractivity contribution is 6.05. The molecule has 1 fully saturated rings. The Hall–Kier alpha value is -2.99. The Morgan fingerprint density at radius 2 is 1.73 bits per heavy atom. The first-order valence-corrected chi connectivity index (χ1v) is 8.78. The lowest BCUT2D eigenvalue weighted by Crippen LogP contribution is -3.10. The number of para-hydroxylation sites is 2. The van der Waals surface area contributed by atoms with Crippen molar-refractivity contribution in [3.8, 4) is 0 Å². The number of quaternary nitrogens is 1. The highest BCUT2D eigenvalue weighted by Gasteiger charge is 2.27. The van der Waals surface area contributed by atoms with E-state index in [0.29, 0.717) is 0 Å². The molecule has 6 heteroatoms. The first-order valence-electron chi connectivity index (χ1n) is 8.78. The zero-order valence-corrected chi connectivity index (χ0v) is 14.2. The van der Waals surface area contributed by atoms with Gasteiger partial charge in [-0.3, -0.25) is 4.90 Å². The normalized spacial score (nSPS) is 15.8. The van der Waals surface area contributed by atoms with Gasteiger partial charge in [0.05, 0.1) is 26.2 Å². The van der Waals surface area contributed by atoms with Crippen molar-refractivity contribution in [3.63, 3.8) is 0 Å². The Labute approximate surface area is 149 Å². The SMILES string of the molecule is Fc1ccccc1[NH+]1CCN(c2ncnc3c2oc2ccccc23)CC1. The molecule has 3 heterocycles. The molecular weight excluding hydrogens is 331 g/mol. The molecule has 0 aliphatic carbocycles. The third kappa shape index (κ3) is 2.42. The first-order chi connectivity index (χ1) is 12.8. The van der Waals surface area contributed by atoms with Crippen LogP contribution in [0.25, 0.3) is 22.1 Å². The van der Waals surface area contributed by atoms with E-state index in [-0.39, 0.29) is 5.82 Å². The van der Waals surface area contributed by atoms with E-state index < -0.39 is 0 Å². The molecule has 0 unspecified atom stereocenters. The van der Waals surface area contributed by atoms with Crippen LogP contribution in [0.1, 0.15) is 0 Å². The molecule has 0 saturated carbocycles. The molecule has 0 amide bonds. The fourth-order valence-electron chi connectivity index (χ4n) is 3.74. The quantitative estimate of drug-likeness (QED) is 0.604. The number of benzene rings is 2. The summed E-state index contributed by atoms with van der Waals surface area (Å²) in [6.07, 6.45) is 1.59. The van der Waals surface area contributed by atoms with E-state index in [1.165, 1.54) is 6.07 Å². The zero-order valence-electron chi connectivity index (χ0n) is 14.2. The summed E-state index contributed by atoms with van der Waals surface area (Å²) in [4.78, 5) is 12.3. The summed E-state index contributed by atoms with van der Waals surface area (Å²) >= 11 is 0. The molecular formula is C20H18FN4O+. The van der Waals surface area contributed by atoms with E-state index in [2.05, 4.69) is 14.9 Å². The van der Waals surface area contributed by atoms with E-state index in [9.17, 15) is 4.39 Å². The third-order valence-electron chi connectivity index (χ3n) is 5.06. The van der Waals surface area contributed by atoms with Crippen molar-refractivity contribution in [3.05, 3.63) is 60.7 Å². The number of nitrogens with zero attached hydrogens (tertiary/aromatic N) is 3. The second-order valence-corrected chi connectivity index (χ2v) is 6.54. The van der Waals surface area contributed by atoms with Gasteiger partial charge in [-0.15, -0.1) is 0 Å². The van der Waals surface area contributed by atoms with Gasteiger partial charge in [0.2, 0.25) is 0 Å². The van der Waals surface area contributed by atoms with Gasteiger partial charge < -0.3 is 9.32 Å². The second kappa shape index (κ2) is 6.07. The van der Waals surface area contributed by atoms with Crippen LogP contribution in [0, 0.1) is 5.82 Å². The Morgan fingerprint density at radius 1 is 0.962 bits per heavy atom. The molecule has 130 valence electrons. The number of furan rings is 1. The number of piperazine rings is 1. The van der Waals surface area contributed by atoms with Crippen LogP contribution in [-0.4, -0.2) is 36.1 Å². The van der Waals surface area contributed by atoms with Crippen molar-refractivity contribution in [2.24, 2.45) is 0 Å². The topological polar surface area (TPSA) is 46.6 Å². The molecule has 1 aliphatic heterocycles. The van der Waals surface area contributed by atoms with Gasteiger partial charge >= 0.3 is 0 Å². The van der Waals surface area contributed by atoms with Crippen molar-refractivity contribution in [2.75, 3.05) is 31.1 Å². The summed E-state index contributed by atoms with van der Waals surface area (Å²) in [6, 6.07) is 14.9. The van der Waals surface area contributed by atoms with E-state index in [1.807, 2.05) is 36.4 Å². The van der Waals surface area contributed by atoms with Gasteiger partial charge in [0.25, 0.3) is 0 Å². The lowest BCUT2D eigenvalue weighted by Gasteiger charge is -2.32. The number of aromatic nitrogens is 2. The number of halogens is 1. The number of rotatable bonds is 2. The number of hydrogen-bond donors (Lipinski definition) is 1. The predicted molar refractivity (Wildman–Crippen MR) is 98.3 cm³/mol. The molecule has 1 saturated heterocycles. The lowest BCUT2D eigenvalue weighted by atomic mass is 10.2. The molecule has 0 atom stereocenters. The maximum Gasteiger partial charge on any atom is 0.196 e. The second-order valence-electron chi connectivity index (χ2n) is 6.54. The van der Waals surface area contributed by atoms with Crippen LogP contribution >= 0.6 is 0 Å². The minimum Gasteiger partial charge on any atom is -0.450 e. The molecule has 1 aliphatic rings. The van der Waals surface area contributed by atoms with Crippen LogP contribution in [0.3, 0.4) is 0 Å². The van der Waals surface area contributed by atoms with Gasteiger partial charge in [-0.05, 0) is 18.2 Å².